The average Bonchev–Trinajstić information content (AvgIpc) is 2.58. The fourth-order valence-corrected chi connectivity index (χ4v) is 1.75. The number of nitro groups is 1. The Morgan fingerprint density at radius 2 is 2.27 bits per heavy atom. The SMILES string of the molecule is Cc1nn(C2CC2(F)F)c(Cl)c1[N+](=O)[O-]. The van der Waals surface area contributed by atoms with Gasteiger partial charge in [-0.15, -0.1) is 0 Å². The number of hydrogen-bond acceptors (Lipinski definition) is 3. The van der Waals surface area contributed by atoms with Gasteiger partial charge < -0.3 is 0 Å². The zero-order chi connectivity index (χ0) is 11.4. The monoisotopic (exact) mass is 237 g/mol. The molecular formula is C7H6ClF2N3O2. The van der Waals surface area contributed by atoms with Crippen molar-refractivity contribution in [3.63, 3.8) is 0 Å². The summed E-state index contributed by atoms with van der Waals surface area (Å²) in [5.41, 5.74) is -0.355. The molecule has 2 rings (SSSR count). The van der Waals surface area contributed by atoms with Gasteiger partial charge in [0.15, 0.2) is 0 Å². The molecule has 8 heteroatoms. The lowest BCUT2D eigenvalue weighted by atomic mass is 10.4. The first-order chi connectivity index (χ1) is 6.84. The van der Waals surface area contributed by atoms with E-state index in [1.807, 2.05) is 0 Å². The Hall–Kier alpha value is -1.24. The molecule has 82 valence electrons. The molecule has 0 radical (unpaired) electrons. The summed E-state index contributed by atoms with van der Waals surface area (Å²) in [6.45, 7) is 1.36. The third-order valence-corrected chi connectivity index (χ3v) is 2.62. The minimum atomic E-state index is -2.85. The summed E-state index contributed by atoms with van der Waals surface area (Å²) in [5.74, 6) is -2.85. The maximum Gasteiger partial charge on any atom is 0.328 e. The molecule has 0 saturated heterocycles. The Labute approximate surface area is 87.8 Å². The lowest BCUT2D eigenvalue weighted by molar-refractivity contribution is -0.385. The molecule has 0 amide bonds. The van der Waals surface area contributed by atoms with Crippen LogP contribution in [-0.4, -0.2) is 20.6 Å². The van der Waals surface area contributed by atoms with Gasteiger partial charge in [0.2, 0.25) is 5.15 Å². The van der Waals surface area contributed by atoms with E-state index in [-0.39, 0.29) is 17.3 Å². The normalized spacial score (nSPS) is 22.8. The number of rotatable bonds is 2. The molecule has 15 heavy (non-hydrogen) atoms. The number of nitrogens with zero attached hydrogens (tertiary/aromatic N) is 3. The summed E-state index contributed by atoms with van der Waals surface area (Å²) >= 11 is 5.61. The molecule has 1 aliphatic rings. The Bertz CT molecular complexity index is 446. The van der Waals surface area contributed by atoms with Gasteiger partial charge in [0, 0.05) is 6.42 Å². The molecule has 1 aliphatic carbocycles. The number of halogens is 3. The van der Waals surface area contributed by atoms with E-state index in [0.29, 0.717) is 0 Å². The largest absolute Gasteiger partial charge is 0.328 e. The summed E-state index contributed by atoms with van der Waals surface area (Å²) in [7, 11) is 0. The van der Waals surface area contributed by atoms with Gasteiger partial charge in [0.05, 0.1) is 4.92 Å². The van der Waals surface area contributed by atoms with Crippen molar-refractivity contribution in [1.29, 1.82) is 0 Å². The van der Waals surface area contributed by atoms with Gasteiger partial charge in [-0.1, -0.05) is 11.6 Å². The van der Waals surface area contributed by atoms with Crippen molar-refractivity contribution in [2.24, 2.45) is 0 Å². The molecule has 1 fully saturated rings. The van der Waals surface area contributed by atoms with E-state index in [0.717, 1.165) is 4.68 Å². The predicted molar refractivity (Wildman–Crippen MR) is 47.2 cm³/mol. The van der Waals surface area contributed by atoms with E-state index < -0.39 is 22.6 Å². The van der Waals surface area contributed by atoms with Crippen molar-refractivity contribution in [2.75, 3.05) is 0 Å². The molecule has 1 aromatic heterocycles. The Kier molecular flexibility index (Phi) is 1.97. The lowest BCUT2D eigenvalue weighted by Gasteiger charge is -1.98. The number of hydrogen-bond donors (Lipinski definition) is 0. The van der Waals surface area contributed by atoms with Crippen LogP contribution < -0.4 is 0 Å². The summed E-state index contributed by atoms with van der Waals surface area (Å²) in [6.07, 6.45) is -0.370. The Morgan fingerprint density at radius 1 is 1.73 bits per heavy atom. The van der Waals surface area contributed by atoms with Crippen molar-refractivity contribution >= 4 is 17.3 Å². The standard InChI is InChI=1S/C7H6ClF2N3O2/c1-3-5(13(14)15)6(8)12(11-3)4-2-7(4,9)10/h4H,2H2,1H3. The highest BCUT2D eigenvalue weighted by Gasteiger charge is 2.60. The van der Waals surface area contributed by atoms with Crippen LogP contribution in [0.15, 0.2) is 0 Å². The third kappa shape index (κ3) is 1.46. The molecule has 1 atom stereocenters. The average molecular weight is 238 g/mol. The predicted octanol–water partition coefficient (Wildman–Crippen LogP) is 2.33. The van der Waals surface area contributed by atoms with E-state index >= 15 is 0 Å². The highest BCUT2D eigenvalue weighted by molar-refractivity contribution is 6.31. The number of aromatic nitrogens is 2. The number of alkyl halides is 2. The fraction of sp³-hybridized carbons (Fsp3) is 0.571. The van der Waals surface area contributed by atoms with Crippen molar-refractivity contribution < 1.29 is 13.7 Å². The van der Waals surface area contributed by atoms with Gasteiger partial charge in [-0.3, -0.25) is 10.1 Å². The van der Waals surface area contributed by atoms with Crippen molar-refractivity contribution in [2.45, 2.75) is 25.3 Å². The van der Waals surface area contributed by atoms with Gasteiger partial charge in [-0.2, -0.15) is 5.10 Å². The fourth-order valence-electron chi connectivity index (χ4n) is 1.39. The summed E-state index contributed by atoms with van der Waals surface area (Å²) in [4.78, 5) is 9.82. The summed E-state index contributed by atoms with van der Waals surface area (Å²) in [5, 5.41) is 13.9. The third-order valence-electron chi connectivity index (χ3n) is 2.27. The first-order valence-electron chi connectivity index (χ1n) is 4.11. The first-order valence-corrected chi connectivity index (χ1v) is 4.49. The van der Waals surface area contributed by atoms with Crippen LogP contribution in [0.25, 0.3) is 0 Å². The highest BCUT2D eigenvalue weighted by Crippen LogP contribution is 2.54. The van der Waals surface area contributed by atoms with Crippen molar-refractivity contribution in [3.8, 4) is 0 Å². The van der Waals surface area contributed by atoms with Crippen LogP contribution in [0.5, 0.6) is 0 Å². The molecule has 0 N–H and O–H groups in total. The minimum absolute atomic E-state index is 0.0488. The van der Waals surface area contributed by atoms with E-state index in [9.17, 15) is 18.9 Å². The molecule has 1 saturated carbocycles. The molecule has 0 bridgehead atoms. The molecule has 0 spiro atoms. The van der Waals surface area contributed by atoms with Gasteiger partial charge in [0.25, 0.3) is 5.92 Å². The molecule has 0 aliphatic heterocycles. The highest BCUT2D eigenvalue weighted by atomic mass is 35.5. The second kappa shape index (κ2) is 2.88. The smallest absolute Gasteiger partial charge is 0.258 e. The van der Waals surface area contributed by atoms with Crippen LogP contribution >= 0.6 is 11.6 Å². The molecule has 5 nitrogen and oxygen atoms in total. The van der Waals surface area contributed by atoms with E-state index in [1.165, 1.54) is 6.92 Å². The van der Waals surface area contributed by atoms with Crippen molar-refractivity contribution in [1.82, 2.24) is 9.78 Å². The second-order valence-electron chi connectivity index (χ2n) is 3.41. The molecule has 0 aromatic carbocycles. The molecular weight excluding hydrogens is 232 g/mol. The first kappa shape index (κ1) is 10.3. The van der Waals surface area contributed by atoms with Crippen LogP contribution in [0.2, 0.25) is 5.15 Å². The molecule has 1 aromatic rings. The summed E-state index contributed by atoms with van der Waals surface area (Å²) < 4.78 is 26.3. The second-order valence-corrected chi connectivity index (χ2v) is 3.77. The minimum Gasteiger partial charge on any atom is -0.258 e. The summed E-state index contributed by atoms with van der Waals surface area (Å²) in [6, 6.07) is -1.14. The topological polar surface area (TPSA) is 61.0 Å². The van der Waals surface area contributed by atoms with E-state index in [2.05, 4.69) is 5.10 Å². The van der Waals surface area contributed by atoms with Gasteiger partial charge in [-0.25, -0.2) is 13.5 Å². The zero-order valence-corrected chi connectivity index (χ0v) is 8.33. The van der Waals surface area contributed by atoms with Crippen LogP contribution in [0.1, 0.15) is 18.2 Å². The van der Waals surface area contributed by atoms with Crippen LogP contribution in [0, 0.1) is 17.0 Å². The Morgan fingerprint density at radius 3 is 2.60 bits per heavy atom. The molecule has 1 unspecified atom stereocenters. The maximum absolute atomic E-state index is 12.7. The quantitative estimate of drug-likeness (QED) is 0.586. The molecule has 1 heterocycles. The number of aryl methyl sites for hydroxylation is 1. The van der Waals surface area contributed by atoms with Gasteiger partial charge in [0.1, 0.15) is 11.7 Å². The van der Waals surface area contributed by atoms with E-state index in [1.54, 1.807) is 0 Å². The zero-order valence-electron chi connectivity index (χ0n) is 7.58. The van der Waals surface area contributed by atoms with Crippen LogP contribution in [0.3, 0.4) is 0 Å². The van der Waals surface area contributed by atoms with E-state index in [4.69, 9.17) is 11.6 Å². The van der Waals surface area contributed by atoms with Gasteiger partial charge >= 0.3 is 5.69 Å². The lowest BCUT2D eigenvalue weighted by Crippen LogP contribution is -2.04. The van der Waals surface area contributed by atoms with Crippen LogP contribution in [-0.2, 0) is 0 Å². The van der Waals surface area contributed by atoms with Gasteiger partial charge in [-0.05, 0) is 6.92 Å². The maximum atomic E-state index is 12.7. The van der Waals surface area contributed by atoms with Crippen LogP contribution in [0.4, 0.5) is 14.5 Å². The van der Waals surface area contributed by atoms with Crippen molar-refractivity contribution in [3.05, 3.63) is 21.0 Å². The Balaban J connectivity index is 2.44.